The van der Waals surface area contributed by atoms with E-state index in [4.69, 9.17) is 9.15 Å². The third-order valence-corrected chi connectivity index (χ3v) is 3.99. The molecular formula is C11H11N3O3S. The molecule has 1 atom stereocenters. The lowest BCUT2D eigenvalue weighted by Gasteiger charge is -2.04. The fourth-order valence-corrected chi connectivity index (χ4v) is 2.71. The Morgan fingerprint density at radius 1 is 1.50 bits per heavy atom. The molecule has 1 aliphatic rings. The lowest BCUT2D eigenvalue weighted by molar-refractivity contribution is -0.137. The molecule has 0 radical (unpaired) electrons. The zero-order valence-corrected chi connectivity index (χ0v) is 10.5. The Bertz CT molecular complexity index is 564. The van der Waals surface area contributed by atoms with Gasteiger partial charge in [0.05, 0.1) is 12.9 Å². The molecule has 18 heavy (non-hydrogen) atoms. The Labute approximate surface area is 107 Å². The molecule has 0 spiro atoms. The van der Waals surface area contributed by atoms with Gasteiger partial charge in [-0.05, 0) is 12.1 Å². The highest BCUT2D eigenvalue weighted by Crippen LogP contribution is 2.30. The summed E-state index contributed by atoms with van der Waals surface area (Å²) in [6.07, 6.45) is 2.30. The predicted molar refractivity (Wildman–Crippen MR) is 63.9 cm³/mol. The summed E-state index contributed by atoms with van der Waals surface area (Å²) < 4.78 is 12.0. The molecule has 0 amide bonds. The monoisotopic (exact) mass is 265 g/mol. The number of ether oxygens (including phenoxy) is 1. The zero-order valence-electron chi connectivity index (χ0n) is 9.70. The molecule has 0 aliphatic carbocycles. The quantitative estimate of drug-likeness (QED) is 0.783. The van der Waals surface area contributed by atoms with Crippen molar-refractivity contribution in [3.8, 4) is 11.6 Å². The van der Waals surface area contributed by atoms with E-state index in [9.17, 15) is 4.79 Å². The predicted octanol–water partition coefficient (Wildman–Crippen LogP) is 1.48. The minimum absolute atomic E-state index is 0.178. The molecule has 3 rings (SSSR count). The lowest BCUT2D eigenvalue weighted by Crippen LogP contribution is -2.10. The van der Waals surface area contributed by atoms with Crippen molar-refractivity contribution in [1.29, 1.82) is 0 Å². The van der Waals surface area contributed by atoms with Crippen LogP contribution in [0.3, 0.4) is 0 Å². The average Bonchev–Trinajstić information content (AvgIpc) is 3.05. The molecule has 0 aromatic carbocycles. The molecule has 94 valence electrons. The van der Waals surface area contributed by atoms with Gasteiger partial charge in [-0.2, -0.15) is 0 Å². The van der Waals surface area contributed by atoms with Crippen molar-refractivity contribution in [3.63, 3.8) is 0 Å². The fraction of sp³-hybridized carbons (Fsp3) is 0.364. The molecular weight excluding hydrogens is 254 g/mol. The van der Waals surface area contributed by atoms with Gasteiger partial charge in [-0.25, -0.2) is 0 Å². The number of hydrogen-bond donors (Lipinski definition) is 0. The van der Waals surface area contributed by atoms with E-state index in [1.165, 1.54) is 11.8 Å². The Morgan fingerprint density at radius 3 is 3.06 bits per heavy atom. The largest absolute Gasteiger partial charge is 0.465 e. The first-order valence-corrected chi connectivity index (χ1v) is 6.40. The Morgan fingerprint density at radius 2 is 2.39 bits per heavy atom. The van der Waals surface area contributed by atoms with Gasteiger partial charge in [0.1, 0.15) is 5.25 Å². The number of cyclic esters (lactones) is 1. The maximum Gasteiger partial charge on any atom is 0.319 e. The summed E-state index contributed by atoms with van der Waals surface area (Å²) >= 11 is 1.38. The van der Waals surface area contributed by atoms with Gasteiger partial charge in [0, 0.05) is 13.5 Å². The minimum Gasteiger partial charge on any atom is -0.465 e. The van der Waals surface area contributed by atoms with Gasteiger partial charge >= 0.3 is 5.97 Å². The zero-order chi connectivity index (χ0) is 12.5. The molecule has 2 aromatic rings. The van der Waals surface area contributed by atoms with E-state index in [0.29, 0.717) is 29.8 Å². The summed E-state index contributed by atoms with van der Waals surface area (Å²) in [6, 6.07) is 3.62. The second-order valence-electron chi connectivity index (χ2n) is 3.91. The number of carbonyl (C=O) groups excluding carboxylic acids is 1. The van der Waals surface area contributed by atoms with Crippen LogP contribution >= 0.6 is 11.8 Å². The van der Waals surface area contributed by atoms with Crippen LogP contribution in [0.25, 0.3) is 11.6 Å². The maximum absolute atomic E-state index is 11.4. The van der Waals surface area contributed by atoms with E-state index < -0.39 is 0 Å². The Balaban J connectivity index is 1.84. The Kier molecular flexibility index (Phi) is 2.83. The highest BCUT2D eigenvalue weighted by atomic mass is 32.2. The van der Waals surface area contributed by atoms with E-state index in [1.807, 2.05) is 17.7 Å². The second kappa shape index (κ2) is 4.49. The smallest absolute Gasteiger partial charge is 0.319 e. The van der Waals surface area contributed by atoms with Crippen molar-refractivity contribution < 1.29 is 13.9 Å². The first-order valence-electron chi connectivity index (χ1n) is 5.52. The standard InChI is InChI=1S/C11H11N3O3S/c1-14-9(7-3-2-5-16-7)12-13-11(14)18-8-4-6-17-10(8)15/h2-3,5,8H,4,6H2,1H3. The first-order chi connectivity index (χ1) is 8.75. The van der Waals surface area contributed by atoms with Crippen molar-refractivity contribution in [2.45, 2.75) is 16.8 Å². The van der Waals surface area contributed by atoms with Crippen LogP contribution in [0.4, 0.5) is 0 Å². The van der Waals surface area contributed by atoms with Crippen molar-refractivity contribution in [2.75, 3.05) is 6.61 Å². The highest BCUT2D eigenvalue weighted by molar-refractivity contribution is 8.00. The first kappa shape index (κ1) is 11.3. The summed E-state index contributed by atoms with van der Waals surface area (Å²) in [5.74, 6) is 1.13. The van der Waals surface area contributed by atoms with Crippen LogP contribution in [-0.4, -0.2) is 32.6 Å². The number of nitrogens with zero attached hydrogens (tertiary/aromatic N) is 3. The van der Waals surface area contributed by atoms with Crippen LogP contribution in [0, 0.1) is 0 Å². The SMILES string of the molecule is Cn1c(SC2CCOC2=O)nnc1-c1ccco1. The van der Waals surface area contributed by atoms with E-state index in [2.05, 4.69) is 10.2 Å². The average molecular weight is 265 g/mol. The summed E-state index contributed by atoms with van der Waals surface area (Å²) in [6.45, 7) is 0.486. The maximum atomic E-state index is 11.4. The third-order valence-electron chi connectivity index (χ3n) is 2.71. The molecule has 1 unspecified atom stereocenters. The van der Waals surface area contributed by atoms with E-state index in [1.54, 1.807) is 12.3 Å². The van der Waals surface area contributed by atoms with Crippen LogP contribution < -0.4 is 0 Å². The van der Waals surface area contributed by atoms with Crippen molar-refractivity contribution in [3.05, 3.63) is 18.4 Å². The van der Waals surface area contributed by atoms with Crippen LogP contribution in [0.5, 0.6) is 0 Å². The molecule has 3 heterocycles. The Hall–Kier alpha value is -1.76. The normalized spacial score (nSPS) is 19.2. The number of rotatable bonds is 3. The van der Waals surface area contributed by atoms with Gasteiger partial charge in [0.25, 0.3) is 0 Å². The molecule has 1 aliphatic heterocycles. The molecule has 0 saturated carbocycles. The summed E-state index contributed by atoms with van der Waals surface area (Å²) in [5.41, 5.74) is 0. The molecule has 6 nitrogen and oxygen atoms in total. The van der Waals surface area contributed by atoms with E-state index in [-0.39, 0.29) is 11.2 Å². The van der Waals surface area contributed by atoms with Crippen molar-refractivity contribution >= 4 is 17.7 Å². The van der Waals surface area contributed by atoms with Gasteiger partial charge < -0.3 is 13.7 Å². The number of furan rings is 1. The van der Waals surface area contributed by atoms with Gasteiger partial charge in [0.15, 0.2) is 16.7 Å². The molecule has 7 heteroatoms. The van der Waals surface area contributed by atoms with Gasteiger partial charge in [-0.15, -0.1) is 10.2 Å². The molecule has 1 saturated heterocycles. The highest BCUT2D eigenvalue weighted by Gasteiger charge is 2.29. The van der Waals surface area contributed by atoms with E-state index >= 15 is 0 Å². The van der Waals surface area contributed by atoms with Crippen molar-refractivity contribution in [1.82, 2.24) is 14.8 Å². The molecule has 0 N–H and O–H groups in total. The van der Waals surface area contributed by atoms with Crippen LogP contribution in [0.2, 0.25) is 0 Å². The number of carbonyl (C=O) groups is 1. The lowest BCUT2D eigenvalue weighted by atomic mass is 10.4. The second-order valence-corrected chi connectivity index (χ2v) is 5.08. The molecule has 1 fully saturated rings. The van der Waals surface area contributed by atoms with Crippen LogP contribution in [0.1, 0.15) is 6.42 Å². The number of hydrogen-bond acceptors (Lipinski definition) is 6. The van der Waals surface area contributed by atoms with Gasteiger partial charge in [-0.1, -0.05) is 11.8 Å². The van der Waals surface area contributed by atoms with Crippen molar-refractivity contribution in [2.24, 2.45) is 7.05 Å². The van der Waals surface area contributed by atoms with Gasteiger partial charge in [0.2, 0.25) is 0 Å². The molecule has 2 aromatic heterocycles. The topological polar surface area (TPSA) is 70.2 Å². The summed E-state index contributed by atoms with van der Waals surface area (Å²) in [5, 5.41) is 8.65. The number of thioether (sulfide) groups is 1. The third kappa shape index (κ3) is 1.90. The minimum atomic E-state index is -0.183. The molecule has 0 bridgehead atoms. The van der Waals surface area contributed by atoms with Crippen LogP contribution in [0.15, 0.2) is 28.0 Å². The van der Waals surface area contributed by atoms with Gasteiger partial charge in [-0.3, -0.25) is 4.79 Å². The number of esters is 1. The number of aromatic nitrogens is 3. The van der Waals surface area contributed by atoms with Crippen LogP contribution in [-0.2, 0) is 16.6 Å². The van der Waals surface area contributed by atoms with E-state index in [0.717, 1.165) is 0 Å². The fourth-order valence-electron chi connectivity index (χ4n) is 1.75. The summed E-state index contributed by atoms with van der Waals surface area (Å²) in [4.78, 5) is 11.4. The summed E-state index contributed by atoms with van der Waals surface area (Å²) in [7, 11) is 1.85.